The highest BCUT2D eigenvalue weighted by molar-refractivity contribution is 7.00. The van der Waals surface area contributed by atoms with E-state index in [4.69, 9.17) is 28.4 Å². The second-order valence-electron chi connectivity index (χ2n) is 10.8. The zero-order valence-electron chi connectivity index (χ0n) is 22.6. The van der Waals surface area contributed by atoms with Crippen molar-refractivity contribution in [2.75, 3.05) is 33.3 Å². The maximum atomic E-state index is 6.67. The summed E-state index contributed by atoms with van der Waals surface area (Å²) in [6.07, 6.45) is 0. The fraction of sp³-hybridized carbons (Fsp3) is 0.226. The van der Waals surface area contributed by atoms with Gasteiger partial charge in [-0.15, -0.1) is 0 Å². The zero-order valence-corrected chi connectivity index (χ0v) is 22.6. The van der Waals surface area contributed by atoms with E-state index in [0.29, 0.717) is 40.2 Å². The highest BCUT2D eigenvalue weighted by Crippen LogP contribution is 2.58. The van der Waals surface area contributed by atoms with E-state index in [-0.39, 0.29) is 12.1 Å². The number of rotatable bonds is 4. The summed E-state index contributed by atoms with van der Waals surface area (Å²) in [5, 5.41) is 0. The van der Waals surface area contributed by atoms with Crippen LogP contribution in [0.3, 0.4) is 0 Å². The number of anilines is 3. The molecule has 4 aromatic rings. The van der Waals surface area contributed by atoms with Crippen molar-refractivity contribution in [3.63, 3.8) is 0 Å². The summed E-state index contributed by atoms with van der Waals surface area (Å²) in [5.41, 5.74) is 8.37. The SMILES string of the molecule is COc1cc2c3c(c1)Oc1c(OC)cc4c5c1B3c1c(ccc(OC)c1O2)N5c1ccc(OC)cc1C4(C)C. The molecule has 8 rings (SSSR count). The van der Waals surface area contributed by atoms with Crippen LogP contribution in [0.2, 0.25) is 0 Å². The van der Waals surface area contributed by atoms with Gasteiger partial charge in [-0.3, -0.25) is 0 Å². The molecule has 0 amide bonds. The molecule has 4 aromatic carbocycles. The Balaban J connectivity index is 1.55. The number of nitrogens with zero attached hydrogens (tertiary/aromatic N) is 1. The lowest BCUT2D eigenvalue weighted by atomic mass is 9.32. The third-order valence-corrected chi connectivity index (χ3v) is 8.69. The first-order chi connectivity index (χ1) is 18.9. The van der Waals surface area contributed by atoms with Crippen LogP contribution in [0.4, 0.5) is 17.1 Å². The van der Waals surface area contributed by atoms with Crippen molar-refractivity contribution in [2.45, 2.75) is 19.3 Å². The molecule has 0 aromatic heterocycles. The Morgan fingerprint density at radius 2 is 1.31 bits per heavy atom. The molecule has 0 saturated carbocycles. The predicted molar refractivity (Wildman–Crippen MR) is 151 cm³/mol. The quantitative estimate of drug-likeness (QED) is 0.308. The van der Waals surface area contributed by atoms with Gasteiger partial charge in [-0.2, -0.15) is 0 Å². The molecule has 0 aliphatic carbocycles. The van der Waals surface area contributed by atoms with Crippen molar-refractivity contribution in [3.8, 4) is 46.0 Å². The molecule has 0 atom stereocenters. The predicted octanol–water partition coefficient (Wildman–Crippen LogP) is 4.87. The number of hydrogen-bond donors (Lipinski definition) is 0. The Kier molecular flexibility index (Phi) is 4.24. The molecule has 0 fully saturated rings. The van der Waals surface area contributed by atoms with Crippen LogP contribution >= 0.6 is 0 Å². The summed E-state index contributed by atoms with van der Waals surface area (Å²) in [4.78, 5) is 2.34. The number of ether oxygens (including phenoxy) is 6. The molecule has 39 heavy (non-hydrogen) atoms. The third-order valence-electron chi connectivity index (χ3n) is 8.69. The lowest BCUT2D eigenvalue weighted by Gasteiger charge is -2.49. The molecule has 8 heteroatoms. The van der Waals surface area contributed by atoms with Gasteiger partial charge in [-0.25, -0.2) is 0 Å². The van der Waals surface area contributed by atoms with Gasteiger partial charge >= 0.3 is 0 Å². The second-order valence-corrected chi connectivity index (χ2v) is 10.8. The van der Waals surface area contributed by atoms with Gasteiger partial charge in [0.2, 0.25) is 0 Å². The van der Waals surface area contributed by atoms with Gasteiger partial charge in [0.1, 0.15) is 23.0 Å². The van der Waals surface area contributed by atoms with E-state index in [0.717, 1.165) is 44.8 Å². The largest absolute Gasteiger partial charge is 0.497 e. The minimum Gasteiger partial charge on any atom is -0.497 e. The Morgan fingerprint density at radius 3 is 1.97 bits per heavy atom. The molecule has 7 nitrogen and oxygen atoms in total. The Hall–Kier alpha value is -4.46. The van der Waals surface area contributed by atoms with Crippen LogP contribution in [-0.4, -0.2) is 35.2 Å². The smallest absolute Gasteiger partial charge is 0.266 e. The monoisotopic (exact) mass is 519 g/mol. The van der Waals surface area contributed by atoms with Crippen LogP contribution in [0.25, 0.3) is 0 Å². The molecule has 0 bridgehead atoms. The van der Waals surface area contributed by atoms with Gasteiger partial charge in [0, 0.05) is 45.3 Å². The number of hydrogen-bond acceptors (Lipinski definition) is 7. The molecule has 0 radical (unpaired) electrons. The summed E-state index contributed by atoms with van der Waals surface area (Å²) in [7, 11) is 6.71. The molecule has 4 heterocycles. The Labute approximate surface area is 226 Å². The molecule has 4 aliphatic rings. The number of benzene rings is 4. The van der Waals surface area contributed by atoms with Crippen molar-refractivity contribution in [1.29, 1.82) is 0 Å². The minimum absolute atomic E-state index is 0.130. The normalized spacial score (nSPS) is 15.4. The van der Waals surface area contributed by atoms with E-state index in [9.17, 15) is 0 Å². The minimum atomic E-state index is -0.334. The number of methoxy groups -OCH3 is 4. The fourth-order valence-electron chi connectivity index (χ4n) is 6.86. The molecule has 0 unspecified atom stereocenters. The first kappa shape index (κ1) is 22.5. The summed E-state index contributed by atoms with van der Waals surface area (Å²) < 4.78 is 36.4. The average molecular weight is 519 g/mol. The first-order valence-electron chi connectivity index (χ1n) is 12.9. The Morgan fingerprint density at radius 1 is 0.641 bits per heavy atom. The molecule has 4 aliphatic heterocycles. The molecular formula is C31H26BNO6. The maximum Gasteiger partial charge on any atom is 0.266 e. The zero-order chi connectivity index (χ0) is 26.8. The van der Waals surface area contributed by atoms with Crippen molar-refractivity contribution in [1.82, 2.24) is 0 Å². The van der Waals surface area contributed by atoms with Gasteiger partial charge < -0.3 is 33.3 Å². The van der Waals surface area contributed by atoms with E-state index in [2.05, 4.69) is 43.0 Å². The molecule has 0 N–H and O–H groups in total. The molecular weight excluding hydrogens is 493 g/mol. The van der Waals surface area contributed by atoms with Crippen LogP contribution in [0, 0.1) is 0 Å². The van der Waals surface area contributed by atoms with Gasteiger partial charge in [0.05, 0.1) is 34.1 Å². The van der Waals surface area contributed by atoms with Crippen molar-refractivity contribution >= 4 is 40.2 Å². The van der Waals surface area contributed by atoms with Gasteiger partial charge in [0.15, 0.2) is 23.0 Å². The van der Waals surface area contributed by atoms with Crippen LogP contribution < -0.4 is 49.7 Å². The standard InChI is InChI=1S/C31H26BNO6/c1-31(2)17-11-15(34-3)7-8-19(17)33-20-9-10-21(36-5)29-25(20)32-26-22(38-29)12-16(35-4)13-23(26)39-30-24(37-6)14-18(31)28(33)27(30)32/h7-14H,1-6H3. The Bertz CT molecular complexity index is 1750. The van der Waals surface area contributed by atoms with E-state index in [1.807, 2.05) is 24.3 Å². The van der Waals surface area contributed by atoms with E-state index in [1.165, 1.54) is 5.56 Å². The number of fused-ring (bicyclic) bond motifs is 3. The van der Waals surface area contributed by atoms with Gasteiger partial charge in [-0.05, 0) is 47.5 Å². The summed E-state index contributed by atoms with van der Waals surface area (Å²) in [6.45, 7) is 4.38. The highest BCUT2D eigenvalue weighted by atomic mass is 16.5. The van der Waals surface area contributed by atoms with Crippen LogP contribution in [0.1, 0.15) is 25.0 Å². The average Bonchev–Trinajstić information content (AvgIpc) is 2.96. The topological polar surface area (TPSA) is 58.6 Å². The third kappa shape index (κ3) is 2.59. The summed E-state index contributed by atoms with van der Waals surface area (Å²) >= 11 is 0. The molecule has 194 valence electrons. The van der Waals surface area contributed by atoms with E-state index < -0.39 is 0 Å². The van der Waals surface area contributed by atoms with Crippen molar-refractivity contribution in [2.24, 2.45) is 0 Å². The highest BCUT2D eigenvalue weighted by Gasteiger charge is 2.53. The fourth-order valence-corrected chi connectivity index (χ4v) is 6.86. The van der Waals surface area contributed by atoms with Crippen molar-refractivity contribution < 1.29 is 28.4 Å². The summed E-state index contributed by atoms with van der Waals surface area (Å²) in [6, 6.07) is 16.4. The van der Waals surface area contributed by atoms with Gasteiger partial charge in [0.25, 0.3) is 6.71 Å². The lowest BCUT2D eigenvalue weighted by molar-refractivity contribution is 0.368. The first-order valence-corrected chi connectivity index (χ1v) is 12.9. The second kappa shape index (κ2) is 7.35. The van der Waals surface area contributed by atoms with Crippen LogP contribution in [0.15, 0.2) is 48.5 Å². The van der Waals surface area contributed by atoms with Crippen LogP contribution in [0.5, 0.6) is 46.0 Å². The van der Waals surface area contributed by atoms with Gasteiger partial charge in [-0.1, -0.05) is 13.8 Å². The van der Waals surface area contributed by atoms with Crippen LogP contribution in [-0.2, 0) is 5.41 Å². The molecule has 0 saturated heterocycles. The van der Waals surface area contributed by atoms with E-state index >= 15 is 0 Å². The van der Waals surface area contributed by atoms with Crippen molar-refractivity contribution in [3.05, 3.63) is 59.7 Å². The van der Waals surface area contributed by atoms with E-state index in [1.54, 1.807) is 28.4 Å². The summed E-state index contributed by atoms with van der Waals surface area (Å²) in [5.74, 6) is 5.67. The lowest BCUT2D eigenvalue weighted by Crippen LogP contribution is -2.62. The molecule has 0 spiro atoms. The maximum absolute atomic E-state index is 6.67.